The number of thiophene rings is 1. The standard InChI is InChI=1S/C12H13N3O2S2/c13-8(16)4-5-18-12-14-10(17)9-6-2-1-3-7(6)19-11(9)15-12/h1-5H2,(H2,13,16)(H,14,15,17). The Bertz CT molecular complexity index is 705. The van der Waals surface area contributed by atoms with Crippen LogP contribution in [-0.4, -0.2) is 21.6 Å². The topological polar surface area (TPSA) is 88.8 Å². The molecule has 3 N–H and O–H groups in total. The minimum atomic E-state index is -0.342. The number of amides is 1. The summed E-state index contributed by atoms with van der Waals surface area (Å²) < 4.78 is 0. The van der Waals surface area contributed by atoms with Gasteiger partial charge in [0.2, 0.25) is 5.91 Å². The van der Waals surface area contributed by atoms with Crippen molar-refractivity contribution >= 4 is 39.2 Å². The Labute approximate surface area is 117 Å². The number of hydrogen-bond acceptors (Lipinski definition) is 5. The number of carbonyl (C=O) groups excluding carboxylic acids is 1. The highest BCUT2D eigenvalue weighted by molar-refractivity contribution is 7.99. The van der Waals surface area contributed by atoms with E-state index in [0.717, 1.165) is 29.5 Å². The quantitative estimate of drug-likeness (QED) is 0.660. The zero-order valence-electron chi connectivity index (χ0n) is 10.2. The molecule has 2 heterocycles. The maximum atomic E-state index is 12.1. The van der Waals surface area contributed by atoms with Gasteiger partial charge in [0.15, 0.2) is 5.16 Å². The lowest BCUT2D eigenvalue weighted by molar-refractivity contribution is -0.117. The number of rotatable bonds is 4. The molecule has 0 aliphatic heterocycles. The Hall–Kier alpha value is -1.34. The summed E-state index contributed by atoms with van der Waals surface area (Å²) in [4.78, 5) is 32.2. The van der Waals surface area contributed by atoms with Crippen molar-refractivity contribution in [3.63, 3.8) is 0 Å². The summed E-state index contributed by atoms with van der Waals surface area (Å²) in [5.74, 6) is 0.195. The first-order chi connectivity index (χ1) is 9.15. The Balaban J connectivity index is 1.92. The molecular weight excluding hydrogens is 282 g/mol. The van der Waals surface area contributed by atoms with Gasteiger partial charge >= 0.3 is 0 Å². The van der Waals surface area contributed by atoms with Crippen LogP contribution in [0, 0.1) is 0 Å². The minimum Gasteiger partial charge on any atom is -0.370 e. The largest absolute Gasteiger partial charge is 0.370 e. The lowest BCUT2D eigenvalue weighted by Gasteiger charge is -2.00. The van der Waals surface area contributed by atoms with Crippen LogP contribution >= 0.6 is 23.1 Å². The zero-order valence-corrected chi connectivity index (χ0v) is 11.8. The number of aromatic amines is 1. The van der Waals surface area contributed by atoms with Crippen molar-refractivity contribution in [3.05, 3.63) is 20.8 Å². The number of thioether (sulfide) groups is 1. The predicted octanol–water partition coefficient (Wildman–Crippen LogP) is 1.44. The number of nitrogens with two attached hydrogens (primary N) is 1. The van der Waals surface area contributed by atoms with Crippen LogP contribution in [-0.2, 0) is 17.6 Å². The van der Waals surface area contributed by atoms with Crippen LogP contribution in [0.1, 0.15) is 23.3 Å². The highest BCUT2D eigenvalue weighted by Gasteiger charge is 2.21. The third kappa shape index (κ3) is 2.40. The molecule has 7 heteroatoms. The highest BCUT2D eigenvalue weighted by Crippen LogP contribution is 2.35. The van der Waals surface area contributed by atoms with Gasteiger partial charge in [-0.25, -0.2) is 4.98 Å². The molecule has 2 aromatic heterocycles. The van der Waals surface area contributed by atoms with E-state index in [1.807, 2.05) is 0 Å². The average Bonchev–Trinajstić information content (AvgIpc) is 2.87. The predicted molar refractivity (Wildman–Crippen MR) is 76.8 cm³/mol. The van der Waals surface area contributed by atoms with E-state index in [2.05, 4.69) is 9.97 Å². The van der Waals surface area contributed by atoms with Crippen LogP contribution in [0.4, 0.5) is 0 Å². The molecule has 0 bridgehead atoms. The van der Waals surface area contributed by atoms with Crippen molar-refractivity contribution in [1.82, 2.24) is 9.97 Å². The number of fused-ring (bicyclic) bond motifs is 3. The average molecular weight is 295 g/mol. The second-order valence-electron chi connectivity index (χ2n) is 4.47. The molecule has 0 fully saturated rings. The van der Waals surface area contributed by atoms with Crippen LogP contribution in [0.3, 0.4) is 0 Å². The van der Waals surface area contributed by atoms with E-state index in [4.69, 9.17) is 5.73 Å². The molecule has 1 amide bonds. The van der Waals surface area contributed by atoms with Crippen molar-refractivity contribution < 1.29 is 4.79 Å². The third-order valence-corrected chi connectivity index (χ3v) is 5.20. The van der Waals surface area contributed by atoms with Gasteiger partial charge in [0.1, 0.15) is 4.83 Å². The number of H-pyrrole nitrogens is 1. The van der Waals surface area contributed by atoms with Gasteiger partial charge in [-0.3, -0.25) is 9.59 Å². The highest BCUT2D eigenvalue weighted by atomic mass is 32.2. The molecule has 0 radical (unpaired) electrons. The Morgan fingerprint density at radius 2 is 2.32 bits per heavy atom. The maximum Gasteiger partial charge on any atom is 0.260 e. The fraction of sp³-hybridized carbons (Fsp3) is 0.417. The van der Waals surface area contributed by atoms with Crippen LogP contribution in [0.25, 0.3) is 10.2 Å². The van der Waals surface area contributed by atoms with Gasteiger partial charge in [-0.1, -0.05) is 11.8 Å². The summed E-state index contributed by atoms with van der Waals surface area (Å²) in [5, 5.41) is 1.33. The first kappa shape index (κ1) is 12.7. The number of carbonyl (C=O) groups is 1. The number of nitrogens with zero attached hydrogens (tertiary/aromatic N) is 1. The molecule has 1 aliphatic rings. The molecular formula is C12H13N3O2S2. The molecule has 1 aliphatic carbocycles. The molecule has 2 aromatic rings. The van der Waals surface area contributed by atoms with E-state index in [9.17, 15) is 9.59 Å². The van der Waals surface area contributed by atoms with Gasteiger partial charge in [-0.15, -0.1) is 11.3 Å². The van der Waals surface area contributed by atoms with Crippen molar-refractivity contribution in [2.24, 2.45) is 5.73 Å². The SMILES string of the molecule is NC(=O)CCSc1nc2sc3c(c2c(=O)[nH]1)CCC3. The Kier molecular flexibility index (Phi) is 3.32. The lowest BCUT2D eigenvalue weighted by Crippen LogP contribution is -2.12. The summed E-state index contributed by atoms with van der Waals surface area (Å²) in [6.07, 6.45) is 3.45. The van der Waals surface area contributed by atoms with Crippen LogP contribution < -0.4 is 11.3 Å². The number of aryl methyl sites for hydroxylation is 2. The van der Waals surface area contributed by atoms with Crippen molar-refractivity contribution in [1.29, 1.82) is 0 Å². The van der Waals surface area contributed by atoms with E-state index in [0.29, 0.717) is 10.9 Å². The molecule has 0 spiro atoms. The monoisotopic (exact) mass is 295 g/mol. The summed E-state index contributed by atoms with van der Waals surface area (Å²) in [6, 6.07) is 0. The number of nitrogens with one attached hydrogen (secondary N) is 1. The Morgan fingerprint density at radius 3 is 3.11 bits per heavy atom. The van der Waals surface area contributed by atoms with Crippen LogP contribution in [0.2, 0.25) is 0 Å². The van der Waals surface area contributed by atoms with E-state index >= 15 is 0 Å². The van der Waals surface area contributed by atoms with E-state index in [1.54, 1.807) is 11.3 Å². The van der Waals surface area contributed by atoms with Crippen LogP contribution in [0.15, 0.2) is 9.95 Å². The number of aromatic nitrogens is 2. The molecule has 19 heavy (non-hydrogen) atoms. The van der Waals surface area contributed by atoms with Crippen LogP contribution in [0.5, 0.6) is 0 Å². The van der Waals surface area contributed by atoms with Crippen molar-refractivity contribution in [2.45, 2.75) is 30.8 Å². The number of primary amides is 1. The fourth-order valence-electron chi connectivity index (χ4n) is 2.30. The van der Waals surface area contributed by atoms with E-state index < -0.39 is 0 Å². The van der Waals surface area contributed by atoms with E-state index in [1.165, 1.54) is 22.2 Å². The molecule has 0 atom stereocenters. The second kappa shape index (κ2) is 4.97. The van der Waals surface area contributed by atoms with Gasteiger partial charge in [-0.2, -0.15) is 0 Å². The third-order valence-electron chi connectivity index (χ3n) is 3.14. The second-order valence-corrected chi connectivity index (χ2v) is 6.64. The fourth-order valence-corrected chi connectivity index (χ4v) is 4.44. The summed E-state index contributed by atoms with van der Waals surface area (Å²) in [6.45, 7) is 0. The van der Waals surface area contributed by atoms with Crippen molar-refractivity contribution in [2.75, 3.05) is 5.75 Å². The summed E-state index contributed by atoms with van der Waals surface area (Å²) >= 11 is 2.98. The Morgan fingerprint density at radius 1 is 1.47 bits per heavy atom. The summed E-state index contributed by atoms with van der Waals surface area (Å²) in [7, 11) is 0. The molecule has 100 valence electrons. The van der Waals surface area contributed by atoms with E-state index in [-0.39, 0.29) is 17.9 Å². The molecule has 3 rings (SSSR count). The molecule has 0 saturated heterocycles. The van der Waals surface area contributed by atoms with Gasteiger partial charge in [0, 0.05) is 17.1 Å². The molecule has 0 saturated carbocycles. The van der Waals surface area contributed by atoms with Gasteiger partial charge in [-0.05, 0) is 24.8 Å². The maximum absolute atomic E-state index is 12.1. The zero-order chi connectivity index (χ0) is 13.4. The minimum absolute atomic E-state index is 0.0639. The molecule has 0 unspecified atom stereocenters. The molecule has 5 nitrogen and oxygen atoms in total. The summed E-state index contributed by atoms with van der Waals surface area (Å²) in [5.41, 5.74) is 6.20. The normalized spacial score (nSPS) is 13.9. The first-order valence-corrected chi connectivity index (χ1v) is 7.91. The van der Waals surface area contributed by atoms with Gasteiger partial charge < -0.3 is 10.7 Å². The first-order valence-electron chi connectivity index (χ1n) is 6.11. The molecule has 0 aromatic carbocycles. The van der Waals surface area contributed by atoms with Crippen molar-refractivity contribution in [3.8, 4) is 0 Å². The van der Waals surface area contributed by atoms with Gasteiger partial charge in [0.25, 0.3) is 5.56 Å². The number of hydrogen-bond donors (Lipinski definition) is 2. The van der Waals surface area contributed by atoms with Gasteiger partial charge in [0.05, 0.1) is 5.39 Å². The lowest BCUT2D eigenvalue weighted by atomic mass is 10.2. The smallest absolute Gasteiger partial charge is 0.260 e.